The molecule has 0 saturated heterocycles. The van der Waals surface area contributed by atoms with E-state index in [4.69, 9.17) is 4.74 Å². The van der Waals surface area contributed by atoms with Gasteiger partial charge in [0.05, 0.1) is 35.8 Å². The maximum atomic E-state index is 13.3. The van der Waals surface area contributed by atoms with Crippen molar-refractivity contribution in [3.8, 4) is 17.1 Å². The van der Waals surface area contributed by atoms with E-state index in [9.17, 15) is 18.0 Å². The third kappa shape index (κ3) is 5.38. The molecule has 0 bridgehead atoms. The van der Waals surface area contributed by atoms with E-state index < -0.39 is 17.9 Å². The number of nitrogens with zero attached hydrogens (tertiary/aromatic N) is 4. The number of hydrogen-bond donors (Lipinski definition) is 3. The number of amides is 2. The van der Waals surface area contributed by atoms with Gasteiger partial charge in [-0.05, 0) is 52.3 Å². The minimum atomic E-state index is -4.63. The number of nitrogens with one attached hydrogen (secondary N) is 3. The van der Waals surface area contributed by atoms with Crippen LogP contribution in [0.2, 0.25) is 0 Å². The zero-order valence-electron chi connectivity index (χ0n) is 18.8. The minimum absolute atomic E-state index is 0.0257. The van der Waals surface area contributed by atoms with Crippen molar-refractivity contribution in [2.75, 3.05) is 11.9 Å². The monoisotopic (exact) mass is 463 g/mol. The van der Waals surface area contributed by atoms with Gasteiger partial charge in [-0.15, -0.1) is 5.10 Å². The van der Waals surface area contributed by atoms with E-state index in [1.54, 1.807) is 32.9 Å². The summed E-state index contributed by atoms with van der Waals surface area (Å²) in [6.07, 6.45) is -4.63. The second-order valence-electron chi connectivity index (χ2n) is 7.42. The summed E-state index contributed by atoms with van der Waals surface area (Å²) >= 11 is 0. The van der Waals surface area contributed by atoms with Crippen LogP contribution in [0.25, 0.3) is 11.3 Å². The molecule has 2 amide bonds. The second kappa shape index (κ2) is 9.43. The second-order valence-corrected chi connectivity index (χ2v) is 7.42. The number of aryl methyl sites for hydroxylation is 3. The molecule has 3 rings (SSSR count). The van der Waals surface area contributed by atoms with Crippen molar-refractivity contribution in [1.82, 2.24) is 30.7 Å². The number of rotatable bonds is 6. The van der Waals surface area contributed by atoms with Gasteiger partial charge in [0.15, 0.2) is 5.69 Å². The molecule has 0 aliphatic rings. The van der Waals surface area contributed by atoms with Crippen LogP contribution >= 0.6 is 0 Å². The predicted octanol–water partition coefficient (Wildman–Crippen LogP) is 4.23. The highest BCUT2D eigenvalue weighted by Gasteiger charge is 2.38. The predicted molar refractivity (Wildman–Crippen MR) is 115 cm³/mol. The maximum Gasteiger partial charge on any atom is 0.435 e. The molecule has 0 unspecified atom stereocenters. The van der Waals surface area contributed by atoms with Crippen molar-refractivity contribution in [3.63, 3.8) is 0 Å². The van der Waals surface area contributed by atoms with Crippen LogP contribution in [0, 0.1) is 27.7 Å². The zero-order chi connectivity index (χ0) is 24.3. The highest BCUT2D eigenvalue weighted by molar-refractivity contribution is 5.90. The average molecular weight is 463 g/mol. The van der Waals surface area contributed by atoms with Gasteiger partial charge in [0, 0.05) is 17.0 Å². The van der Waals surface area contributed by atoms with E-state index in [2.05, 4.69) is 36.0 Å². The number of anilines is 1. The summed E-state index contributed by atoms with van der Waals surface area (Å²) < 4.78 is 45.3. The van der Waals surface area contributed by atoms with E-state index in [1.807, 2.05) is 6.92 Å². The molecule has 0 spiro atoms. The lowest BCUT2D eigenvalue weighted by molar-refractivity contribution is -0.140. The van der Waals surface area contributed by atoms with Gasteiger partial charge < -0.3 is 15.4 Å². The van der Waals surface area contributed by atoms with Crippen LogP contribution in [0.4, 0.5) is 23.7 Å². The Balaban J connectivity index is 1.72. The number of carbonyl (C=O) groups excluding carboxylic acids is 1. The number of alkyl halides is 3. The fraction of sp³-hybridized carbons (Fsp3) is 0.381. The summed E-state index contributed by atoms with van der Waals surface area (Å²) in [6, 6.07) is 2.81. The van der Waals surface area contributed by atoms with E-state index in [0.717, 1.165) is 0 Å². The van der Waals surface area contributed by atoms with Gasteiger partial charge in [-0.25, -0.2) is 9.78 Å². The Morgan fingerprint density at radius 3 is 2.52 bits per heavy atom. The van der Waals surface area contributed by atoms with Crippen molar-refractivity contribution in [2.45, 2.75) is 47.3 Å². The summed E-state index contributed by atoms with van der Waals surface area (Å²) in [5, 5.41) is 19.1. The molecule has 3 heterocycles. The summed E-state index contributed by atoms with van der Waals surface area (Å²) in [6.45, 7) is 8.99. The Morgan fingerprint density at radius 1 is 1.15 bits per heavy atom. The highest BCUT2D eigenvalue weighted by atomic mass is 19.4. The Kier molecular flexibility index (Phi) is 6.84. The lowest BCUT2D eigenvalue weighted by Gasteiger charge is -2.14. The van der Waals surface area contributed by atoms with Gasteiger partial charge in [0.1, 0.15) is 0 Å². The normalized spacial score (nSPS) is 11.4. The third-order valence-electron chi connectivity index (χ3n) is 4.80. The molecule has 3 N–H and O–H groups in total. The molecule has 0 saturated carbocycles. The molecule has 12 heteroatoms. The van der Waals surface area contributed by atoms with Crippen LogP contribution in [0.1, 0.15) is 40.8 Å². The number of ether oxygens (including phenoxy) is 1. The molecule has 0 aromatic carbocycles. The van der Waals surface area contributed by atoms with Crippen molar-refractivity contribution in [2.24, 2.45) is 0 Å². The minimum Gasteiger partial charge on any atom is -0.478 e. The first-order valence-corrected chi connectivity index (χ1v) is 10.1. The fourth-order valence-corrected chi connectivity index (χ4v) is 3.25. The number of H-pyrrole nitrogens is 1. The molecule has 0 aliphatic carbocycles. The Hall–Kier alpha value is -3.70. The number of halogens is 3. The van der Waals surface area contributed by atoms with Crippen molar-refractivity contribution < 1.29 is 22.7 Å². The lowest BCUT2D eigenvalue weighted by atomic mass is 10.0. The molecule has 9 nitrogen and oxygen atoms in total. The molecule has 0 radical (unpaired) electrons. The average Bonchev–Trinajstić information content (AvgIpc) is 3.12. The summed E-state index contributed by atoms with van der Waals surface area (Å²) in [5.74, 6) is 0.442. The number of hydrogen-bond acceptors (Lipinski definition) is 6. The van der Waals surface area contributed by atoms with Crippen molar-refractivity contribution in [1.29, 1.82) is 0 Å². The quantitative estimate of drug-likeness (QED) is 0.504. The number of carbonyl (C=O) groups is 1. The smallest absolute Gasteiger partial charge is 0.435 e. The number of pyridine rings is 1. The fourth-order valence-electron chi connectivity index (χ4n) is 3.25. The molecule has 33 heavy (non-hydrogen) atoms. The Morgan fingerprint density at radius 2 is 1.88 bits per heavy atom. The van der Waals surface area contributed by atoms with Crippen LogP contribution in [-0.2, 0) is 12.7 Å². The maximum absolute atomic E-state index is 13.3. The standard InChI is InChI=1S/C21H24F3N7O2/c1-6-33-19-12(4)15(8-11(3)26-19)27-20(32)25-9-14-7-10(2)17(30-29-14)16-13(5)28-31-18(16)21(22,23)24/h7-8H,6,9H2,1-5H3,(H,28,31)(H2,25,26,27,32). The van der Waals surface area contributed by atoms with Crippen LogP contribution in [0.3, 0.4) is 0 Å². The number of aromatic amines is 1. The van der Waals surface area contributed by atoms with Crippen molar-refractivity contribution >= 4 is 11.7 Å². The van der Waals surface area contributed by atoms with Crippen LogP contribution in [0.5, 0.6) is 5.88 Å². The van der Waals surface area contributed by atoms with Gasteiger partial charge in [0.25, 0.3) is 0 Å². The molecule has 0 atom stereocenters. The number of urea groups is 1. The topological polar surface area (TPSA) is 118 Å². The van der Waals surface area contributed by atoms with E-state index in [-0.39, 0.29) is 23.5 Å². The highest BCUT2D eigenvalue weighted by Crippen LogP contribution is 2.37. The van der Waals surface area contributed by atoms with Crippen LogP contribution in [-0.4, -0.2) is 38.0 Å². The van der Waals surface area contributed by atoms with Crippen LogP contribution in [0.15, 0.2) is 12.1 Å². The lowest BCUT2D eigenvalue weighted by Crippen LogP contribution is -2.29. The third-order valence-corrected chi connectivity index (χ3v) is 4.80. The van der Waals surface area contributed by atoms with E-state index in [0.29, 0.717) is 40.7 Å². The van der Waals surface area contributed by atoms with Crippen molar-refractivity contribution in [3.05, 3.63) is 46.0 Å². The summed E-state index contributed by atoms with van der Waals surface area (Å²) in [5.41, 5.74) is 1.91. The molecule has 176 valence electrons. The largest absolute Gasteiger partial charge is 0.478 e. The Labute approximate surface area is 188 Å². The molecule has 3 aromatic heterocycles. The first-order valence-electron chi connectivity index (χ1n) is 10.1. The summed E-state index contributed by atoms with van der Waals surface area (Å²) in [7, 11) is 0. The number of aromatic nitrogens is 5. The first-order chi connectivity index (χ1) is 15.5. The van der Waals surface area contributed by atoms with Crippen LogP contribution < -0.4 is 15.4 Å². The molecule has 0 aliphatic heterocycles. The molecular weight excluding hydrogens is 439 g/mol. The summed E-state index contributed by atoms with van der Waals surface area (Å²) in [4.78, 5) is 16.7. The molecule has 0 fully saturated rings. The van der Waals surface area contributed by atoms with E-state index in [1.165, 1.54) is 6.92 Å². The van der Waals surface area contributed by atoms with Gasteiger partial charge in [-0.3, -0.25) is 5.10 Å². The SMILES string of the molecule is CCOc1nc(C)cc(NC(=O)NCc2cc(C)c(-c3c(C(F)(F)F)n[nH]c3C)nn2)c1C. The molecular formula is C21H24F3N7O2. The Bertz CT molecular complexity index is 1180. The van der Waals surface area contributed by atoms with Gasteiger partial charge in [-0.2, -0.15) is 23.4 Å². The first kappa shape index (κ1) is 24.0. The molecule has 3 aromatic rings. The van der Waals surface area contributed by atoms with Gasteiger partial charge in [0.2, 0.25) is 5.88 Å². The van der Waals surface area contributed by atoms with Gasteiger partial charge >= 0.3 is 12.2 Å². The zero-order valence-corrected chi connectivity index (χ0v) is 18.8. The van der Waals surface area contributed by atoms with E-state index >= 15 is 0 Å². The van der Waals surface area contributed by atoms with Gasteiger partial charge in [-0.1, -0.05) is 0 Å².